The molecule has 4 aliphatic rings. The summed E-state index contributed by atoms with van der Waals surface area (Å²) in [4.78, 5) is 16.2. The molecule has 0 saturated heterocycles. The fourth-order valence-corrected chi connectivity index (χ4v) is 6.36. The second-order valence-corrected chi connectivity index (χ2v) is 10.7. The minimum absolute atomic E-state index is 0.154. The van der Waals surface area contributed by atoms with Crippen molar-refractivity contribution in [3.05, 3.63) is 52.8 Å². The van der Waals surface area contributed by atoms with Gasteiger partial charge in [-0.3, -0.25) is 4.79 Å². The Morgan fingerprint density at radius 1 is 1.23 bits per heavy atom. The maximum absolute atomic E-state index is 13.5. The molecule has 1 aliphatic heterocycles. The molecule has 0 atom stereocenters. The number of aryl methyl sites for hydroxylation is 1. The van der Waals surface area contributed by atoms with Gasteiger partial charge in [0.05, 0.1) is 5.69 Å². The number of nitrogens with one attached hydrogen (secondary N) is 1. The van der Waals surface area contributed by atoms with Crippen LogP contribution in [0.3, 0.4) is 0 Å². The van der Waals surface area contributed by atoms with Crippen LogP contribution in [0.1, 0.15) is 49.3 Å². The number of fused-ring (bicyclic) bond motifs is 1. The SMILES string of the molecule is CCSc1cc(N2CCc3cc(F)ccc3C2)cc(C)c1NC(=O)CC12CC(C1)C2. The van der Waals surface area contributed by atoms with Gasteiger partial charge in [0.1, 0.15) is 5.82 Å². The van der Waals surface area contributed by atoms with Crippen molar-refractivity contribution in [1.82, 2.24) is 0 Å². The number of rotatable bonds is 6. The van der Waals surface area contributed by atoms with E-state index in [0.717, 1.165) is 52.9 Å². The number of hydrogen-bond acceptors (Lipinski definition) is 3. The Bertz CT molecular complexity index is 988. The zero-order valence-corrected chi connectivity index (χ0v) is 18.6. The number of carbonyl (C=O) groups excluding carboxylic acids is 1. The molecular formula is C25H29FN2OS. The largest absolute Gasteiger partial charge is 0.367 e. The van der Waals surface area contributed by atoms with Crippen LogP contribution in [0.2, 0.25) is 0 Å². The summed E-state index contributed by atoms with van der Waals surface area (Å²) in [6.45, 7) is 5.90. The van der Waals surface area contributed by atoms with E-state index in [2.05, 4.69) is 36.2 Å². The number of halogens is 1. The van der Waals surface area contributed by atoms with Crippen LogP contribution in [0.25, 0.3) is 0 Å². The predicted molar refractivity (Wildman–Crippen MR) is 122 cm³/mol. The third-order valence-electron chi connectivity index (χ3n) is 7.09. The molecule has 3 fully saturated rings. The van der Waals surface area contributed by atoms with Gasteiger partial charge in [-0.2, -0.15) is 0 Å². The van der Waals surface area contributed by atoms with Crippen LogP contribution < -0.4 is 10.2 Å². The van der Waals surface area contributed by atoms with Crippen molar-refractivity contribution in [1.29, 1.82) is 0 Å². The first kappa shape index (κ1) is 19.9. The molecule has 0 unspecified atom stereocenters. The Morgan fingerprint density at radius 2 is 2.03 bits per heavy atom. The predicted octanol–water partition coefficient (Wildman–Crippen LogP) is 5.94. The summed E-state index contributed by atoms with van der Waals surface area (Å²) in [6, 6.07) is 9.53. The van der Waals surface area contributed by atoms with E-state index in [1.807, 2.05) is 6.07 Å². The quantitative estimate of drug-likeness (QED) is 0.583. The van der Waals surface area contributed by atoms with E-state index < -0.39 is 0 Å². The van der Waals surface area contributed by atoms with Crippen LogP contribution in [0.15, 0.2) is 35.2 Å². The number of amides is 1. The van der Waals surface area contributed by atoms with Gasteiger partial charge >= 0.3 is 0 Å². The number of anilines is 2. The molecule has 5 heteroatoms. The standard InChI is InChI=1S/C25H29FN2OS/c1-3-30-22-10-21(28-7-6-18-9-20(26)5-4-19(18)15-28)8-16(2)24(22)27-23(29)14-25-11-17(12-25)13-25/h4-5,8-10,17H,3,6-7,11-15H2,1-2H3,(H,27,29). The molecule has 1 heterocycles. The van der Waals surface area contributed by atoms with Crippen LogP contribution in [0.4, 0.5) is 15.8 Å². The van der Waals surface area contributed by atoms with Crippen molar-refractivity contribution < 1.29 is 9.18 Å². The summed E-state index contributed by atoms with van der Waals surface area (Å²) >= 11 is 1.78. The van der Waals surface area contributed by atoms with Crippen molar-refractivity contribution in [3.63, 3.8) is 0 Å². The molecule has 2 aromatic rings. The molecule has 3 nitrogen and oxygen atoms in total. The highest BCUT2D eigenvalue weighted by molar-refractivity contribution is 7.99. The lowest BCUT2D eigenvalue weighted by atomic mass is 9.43. The van der Waals surface area contributed by atoms with Crippen molar-refractivity contribution in [2.24, 2.45) is 11.3 Å². The Kier molecular flexibility index (Phi) is 5.04. The Balaban J connectivity index is 1.36. The van der Waals surface area contributed by atoms with Crippen molar-refractivity contribution in [3.8, 4) is 0 Å². The monoisotopic (exact) mass is 424 g/mol. The fraction of sp³-hybridized carbons (Fsp3) is 0.480. The van der Waals surface area contributed by atoms with E-state index >= 15 is 0 Å². The normalized spacial score (nSPS) is 24.0. The zero-order chi connectivity index (χ0) is 20.9. The second kappa shape index (κ2) is 7.60. The van der Waals surface area contributed by atoms with Gasteiger partial charge in [0.15, 0.2) is 0 Å². The topological polar surface area (TPSA) is 32.3 Å². The maximum atomic E-state index is 13.5. The zero-order valence-electron chi connectivity index (χ0n) is 17.8. The van der Waals surface area contributed by atoms with Gasteiger partial charge in [-0.15, -0.1) is 11.8 Å². The summed E-state index contributed by atoms with van der Waals surface area (Å²) in [6.07, 6.45) is 5.25. The highest BCUT2D eigenvalue weighted by Crippen LogP contribution is 2.66. The lowest BCUT2D eigenvalue weighted by Gasteiger charge is -2.61. The molecule has 6 rings (SSSR count). The average Bonchev–Trinajstić information content (AvgIpc) is 2.66. The third kappa shape index (κ3) is 3.62. The van der Waals surface area contributed by atoms with Crippen LogP contribution in [-0.4, -0.2) is 18.2 Å². The van der Waals surface area contributed by atoms with Crippen LogP contribution in [0, 0.1) is 24.1 Å². The lowest BCUT2D eigenvalue weighted by molar-refractivity contribution is -0.139. The molecule has 1 amide bonds. The molecule has 2 aromatic carbocycles. The Hall–Kier alpha value is -2.01. The minimum atomic E-state index is -0.154. The van der Waals surface area contributed by atoms with Crippen molar-refractivity contribution in [2.45, 2.75) is 57.4 Å². The molecule has 1 N–H and O–H groups in total. The second-order valence-electron chi connectivity index (χ2n) is 9.36. The van der Waals surface area contributed by atoms with Gasteiger partial charge in [-0.1, -0.05) is 13.0 Å². The fourth-order valence-electron chi connectivity index (χ4n) is 5.49. The van der Waals surface area contributed by atoms with E-state index in [1.54, 1.807) is 23.9 Å². The summed E-state index contributed by atoms with van der Waals surface area (Å²) in [5, 5.41) is 3.24. The van der Waals surface area contributed by atoms with Gasteiger partial charge in [-0.05, 0) is 90.6 Å². The number of benzene rings is 2. The maximum Gasteiger partial charge on any atom is 0.224 e. The Labute approximate surface area is 182 Å². The molecule has 0 radical (unpaired) electrons. The van der Waals surface area contributed by atoms with Gasteiger partial charge in [0.2, 0.25) is 5.91 Å². The molecule has 3 aliphatic carbocycles. The number of nitrogens with zero attached hydrogens (tertiary/aromatic N) is 1. The molecule has 158 valence electrons. The van der Waals surface area contributed by atoms with Gasteiger partial charge in [-0.25, -0.2) is 4.39 Å². The highest BCUT2D eigenvalue weighted by atomic mass is 32.2. The third-order valence-corrected chi connectivity index (χ3v) is 8.02. The summed E-state index contributed by atoms with van der Waals surface area (Å²) in [5.41, 5.74) is 5.89. The number of hydrogen-bond donors (Lipinski definition) is 1. The molecule has 2 bridgehead atoms. The number of carbonyl (C=O) groups is 1. The summed E-state index contributed by atoms with van der Waals surface area (Å²) in [7, 11) is 0. The lowest BCUT2D eigenvalue weighted by Crippen LogP contribution is -2.53. The van der Waals surface area contributed by atoms with Gasteiger partial charge < -0.3 is 10.2 Å². The smallest absolute Gasteiger partial charge is 0.224 e. The van der Waals surface area contributed by atoms with Crippen LogP contribution in [0.5, 0.6) is 0 Å². The Morgan fingerprint density at radius 3 is 2.73 bits per heavy atom. The first-order chi connectivity index (χ1) is 14.4. The van der Waals surface area contributed by atoms with E-state index in [1.165, 1.54) is 30.5 Å². The highest BCUT2D eigenvalue weighted by Gasteiger charge is 2.56. The first-order valence-corrected chi connectivity index (χ1v) is 12.0. The van der Waals surface area contributed by atoms with Gasteiger partial charge in [0.25, 0.3) is 0 Å². The summed E-state index contributed by atoms with van der Waals surface area (Å²) < 4.78 is 13.5. The molecule has 0 aromatic heterocycles. The van der Waals surface area contributed by atoms with E-state index in [4.69, 9.17) is 0 Å². The summed E-state index contributed by atoms with van der Waals surface area (Å²) in [5.74, 6) is 1.87. The van der Waals surface area contributed by atoms with Gasteiger partial charge in [0, 0.05) is 30.1 Å². The minimum Gasteiger partial charge on any atom is -0.367 e. The first-order valence-electron chi connectivity index (χ1n) is 11.0. The van der Waals surface area contributed by atoms with E-state index in [9.17, 15) is 9.18 Å². The van der Waals surface area contributed by atoms with E-state index in [-0.39, 0.29) is 11.7 Å². The van der Waals surface area contributed by atoms with Crippen LogP contribution >= 0.6 is 11.8 Å². The van der Waals surface area contributed by atoms with E-state index in [0.29, 0.717) is 11.8 Å². The average molecular weight is 425 g/mol. The molecule has 0 spiro atoms. The van der Waals surface area contributed by atoms with Crippen molar-refractivity contribution in [2.75, 3.05) is 22.5 Å². The van der Waals surface area contributed by atoms with Crippen molar-refractivity contribution >= 4 is 29.0 Å². The number of thioether (sulfide) groups is 1. The molecule has 3 saturated carbocycles. The molecule has 30 heavy (non-hydrogen) atoms. The van der Waals surface area contributed by atoms with Crippen LogP contribution in [-0.2, 0) is 17.8 Å². The molecular weight excluding hydrogens is 395 g/mol.